The van der Waals surface area contributed by atoms with E-state index in [0.29, 0.717) is 22.6 Å². The Morgan fingerprint density at radius 2 is 1.82 bits per heavy atom. The molecule has 1 saturated carbocycles. The third-order valence-electron chi connectivity index (χ3n) is 6.38. The summed E-state index contributed by atoms with van der Waals surface area (Å²) in [5.41, 5.74) is 0.0509. The maximum absolute atomic E-state index is 15.4. The lowest BCUT2D eigenvalue weighted by Gasteiger charge is -2.30. The van der Waals surface area contributed by atoms with Crippen molar-refractivity contribution in [2.24, 2.45) is 5.41 Å². The van der Waals surface area contributed by atoms with Gasteiger partial charge in [-0.05, 0) is 59.8 Å². The van der Waals surface area contributed by atoms with E-state index >= 15 is 4.39 Å². The molecule has 0 radical (unpaired) electrons. The van der Waals surface area contributed by atoms with Gasteiger partial charge in [-0.1, -0.05) is 41.9 Å². The molecule has 6 nitrogen and oxygen atoms in total. The number of carbonyl (C=O) groups excluding carboxylic acids is 2. The van der Waals surface area contributed by atoms with E-state index in [4.69, 9.17) is 16.3 Å². The summed E-state index contributed by atoms with van der Waals surface area (Å²) >= 11 is 6.26. The molecule has 1 aliphatic carbocycles. The van der Waals surface area contributed by atoms with Crippen molar-refractivity contribution in [3.8, 4) is 11.1 Å². The second kappa shape index (κ2) is 8.86. The van der Waals surface area contributed by atoms with E-state index in [0.717, 1.165) is 13.0 Å². The van der Waals surface area contributed by atoms with Crippen molar-refractivity contribution < 1.29 is 18.7 Å². The Balaban J connectivity index is 1.60. The van der Waals surface area contributed by atoms with Gasteiger partial charge in [0.15, 0.2) is 5.82 Å². The number of likely N-dealkylation sites (tertiary alicyclic amines) is 1. The number of nitrogens with one attached hydrogen (secondary N) is 1. The molecule has 4 rings (SSSR count). The predicted molar refractivity (Wildman–Crippen MR) is 131 cm³/mol. The minimum atomic E-state index is -0.739. The molecule has 1 saturated heterocycles. The lowest BCUT2D eigenvalue weighted by molar-refractivity contribution is -0.121. The number of benzene rings is 2. The van der Waals surface area contributed by atoms with Crippen LogP contribution in [0.5, 0.6) is 0 Å². The second-order valence-electron chi connectivity index (χ2n) is 10.6. The number of anilines is 1. The van der Waals surface area contributed by atoms with Gasteiger partial charge in [-0.3, -0.25) is 9.69 Å². The Bertz CT molecular complexity index is 1120. The van der Waals surface area contributed by atoms with Crippen LogP contribution in [-0.4, -0.2) is 60.1 Å². The van der Waals surface area contributed by atoms with Gasteiger partial charge in [0.05, 0.1) is 5.69 Å². The molecular formula is C26H31ClFN3O3. The summed E-state index contributed by atoms with van der Waals surface area (Å²) < 4.78 is 21.0. The normalized spacial score (nSPS) is 23.6. The zero-order chi connectivity index (χ0) is 24.8. The van der Waals surface area contributed by atoms with E-state index in [9.17, 15) is 9.59 Å². The first-order chi connectivity index (χ1) is 15.9. The fourth-order valence-electron chi connectivity index (χ4n) is 5.02. The van der Waals surface area contributed by atoms with Crippen molar-refractivity contribution in [1.29, 1.82) is 0 Å². The average Bonchev–Trinajstić information content (AvgIpc) is 3.30. The first kappa shape index (κ1) is 24.5. The highest BCUT2D eigenvalue weighted by molar-refractivity contribution is 6.33. The number of hydrogen-bond acceptors (Lipinski definition) is 4. The van der Waals surface area contributed by atoms with E-state index in [-0.39, 0.29) is 17.1 Å². The molecule has 2 aromatic carbocycles. The molecule has 2 fully saturated rings. The molecule has 2 amide bonds. The predicted octanol–water partition coefficient (Wildman–Crippen LogP) is 5.41. The third-order valence-corrected chi connectivity index (χ3v) is 6.71. The highest BCUT2D eigenvalue weighted by Crippen LogP contribution is 2.60. The Kier molecular flexibility index (Phi) is 6.38. The quantitative estimate of drug-likeness (QED) is 0.612. The first-order valence-electron chi connectivity index (χ1n) is 11.4. The topological polar surface area (TPSA) is 61.9 Å². The number of hydrogen-bond donors (Lipinski definition) is 1. The molecule has 0 bridgehead atoms. The van der Waals surface area contributed by atoms with Crippen LogP contribution in [0.3, 0.4) is 0 Å². The molecule has 1 heterocycles. The van der Waals surface area contributed by atoms with Crippen molar-refractivity contribution in [2.45, 2.75) is 51.3 Å². The van der Waals surface area contributed by atoms with Gasteiger partial charge in [0.1, 0.15) is 11.6 Å². The van der Waals surface area contributed by atoms with Crippen LogP contribution in [0.25, 0.3) is 11.1 Å². The van der Waals surface area contributed by atoms with E-state index in [1.165, 1.54) is 6.07 Å². The van der Waals surface area contributed by atoms with Gasteiger partial charge in [-0.15, -0.1) is 0 Å². The fraction of sp³-hybridized carbons (Fsp3) is 0.462. The molecule has 2 aliphatic rings. The molecule has 0 aromatic heterocycles. The smallest absolute Gasteiger partial charge is 0.411 e. The average molecular weight is 488 g/mol. The van der Waals surface area contributed by atoms with Crippen LogP contribution >= 0.6 is 11.6 Å². The van der Waals surface area contributed by atoms with E-state index in [1.54, 1.807) is 62.1 Å². The zero-order valence-corrected chi connectivity index (χ0v) is 20.9. The van der Waals surface area contributed by atoms with Crippen molar-refractivity contribution in [2.75, 3.05) is 26.0 Å². The molecule has 2 unspecified atom stereocenters. The van der Waals surface area contributed by atoms with Crippen LogP contribution in [0.4, 0.5) is 14.9 Å². The summed E-state index contributed by atoms with van der Waals surface area (Å²) in [6.45, 7) is 6.15. The van der Waals surface area contributed by atoms with Crippen LogP contribution in [0.1, 0.15) is 33.6 Å². The standard InChI is InChI=1S/C26H31ClFN3O3/c1-25(2,3)34-24(33)31-20(13-26(14-21(26)31)15-30(4)5)23(32)29-19-12-8-10-17(22(19)28)16-9-6-7-11-18(16)27/h6-12,20-21H,13-15H2,1-5H3,(H,29,32)/t20-,21?,26?/m0/s1. The van der Waals surface area contributed by atoms with Gasteiger partial charge in [-0.2, -0.15) is 0 Å². The maximum atomic E-state index is 15.4. The molecular weight excluding hydrogens is 457 g/mol. The highest BCUT2D eigenvalue weighted by Gasteiger charge is 2.67. The van der Waals surface area contributed by atoms with Crippen LogP contribution in [0, 0.1) is 11.2 Å². The number of nitrogens with zero attached hydrogens (tertiary/aromatic N) is 2. The van der Waals surface area contributed by atoms with E-state index in [1.807, 2.05) is 14.1 Å². The molecule has 1 aliphatic heterocycles. The molecule has 1 N–H and O–H groups in total. The summed E-state index contributed by atoms with van der Waals surface area (Å²) in [5, 5.41) is 3.14. The summed E-state index contributed by atoms with van der Waals surface area (Å²) in [4.78, 5) is 30.1. The summed E-state index contributed by atoms with van der Waals surface area (Å²) in [5.74, 6) is -0.995. The molecule has 2 aromatic rings. The van der Waals surface area contributed by atoms with Gasteiger partial charge < -0.3 is 15.0 Å². The van der Waals surface area contributed by atoms with Crippen molar-refractivity contribution in [3.63, 3.8) is 0 Å². The molecule has 34 heavy (non-hydrogen) atoms. The second-order valence-corrected chi connectivity index (χ2v) is 11.0. The Labute approximate surface area is 205 Å². The maximum Gasteiger partial charge on any atom is 0.411 e. The van der Waals surface area contributed by atoms with Gasteiger partial charge in [0, 0.05) is 34.2 Å². The van der Waals surface area contributed by atoms with Crippen molar-refractivity contribution >= 4 is 29.3 Å². The third kappa shape index (κ3) is 4.77. The Morgan fingerprint density at radius 3 is 2.47 bits per heavy atom. The number of halogens is 2. The molecule has 3 atom stereocenters. The minimum Gasteiger partial charge on any atom is -0.444 e. The summed E-state index contributed by atoms with van der Waals surface area (Å²) in [6.07, 6.45) is 0.818. The number of ether oxygens (including phenoxy) is 1. The van der Waals surface area contributed by atoms with Crippen molar-refractivity contribution in [1.82, 2.24) is 9.80 Å². The molecule has 8 heteroatoms. The highest BCUT2D eigenvalue weighted by atomic mass is 35.5. The van der Waals surface area contributed by atoms with Crippen LogP contribution in [-0.2, 0) is 9.53 Å². The van der Waals surface area contributed by atoms with Gasteiger partial charge in [0.25, 0.3) is 0 Å². The van der Waals surface area contributed by atoms with Crippen LogP contribution in [0.15, 0.2) is 42.5 Å². The fourth-order valence-corrected chi connectivity index (χ4v) is 5.26. The lowest BCUT2D eigenvalue weighted by Crippen LogP contribution is -2.47. The number of fused-ring (bicyclic) bond motifs is 1. The number of piperidine rings is 1. The summed E-state index contributed by atoms with van der Waals surface area (Å²) in [7, 11) is 3.95. The van der Waals surface area contributed by atoms with Crippen molar-refractivity contribution in [3.05, 3.63) is 53.3 Å². The largest absolute Gasteiger partial charge is 0.444 e. The Hall–Kier alpha value is -2.64. The number of rotatable bonds is 5. The van der Waals surface area contributed by atoms with Crippen LogP contribution in [0.2, 0.25) is 5.02 Å². The number of carbonyl (C=O) groups is 2. The minimum absolute atomic E-state index is 0.0498. The molecule has 0 spiro atoms. The lowest BCUT2D eigenvalue weighted by atomic mass is 9.98. The van der Waals surface area contributed by atoms with Gasteiger partial charge in [0.2, 0.25) is 5.91 Å². The first-order valence-corrected chi connectivity index (χ1v) is 11.8. The molecule has 182 valence electrons. The van der Waals surface area contributed by atoms with Gasteiger partial charge in [-0.25, -0.2) is 9.18 Å². The zero-order valence-electron chi connectivity index (χ0n) is 20.2. The Morgan fingerprint density at radius 1 is 1.15 bits per heavy atom. The van der Waals surface area contributed by atoms with E-state index in [2.05, 4.69) is 10.2 Å². The number of amides is 2. The van der Waals surface area contributed by atoms with Gasteiger partial charge >= 0.3 is 6.09 Å². The monoisotopic (exact) mass is 487 g/mol. The van der Waals surface area contributed by atoms with Crippen LogP contribution < -0.4 is 5.32 Å². The van der Waals surface area contributed by atoms with E-state index < -0.39 is 29.5 Å². The summed E-state index contributed by atoms with van der Waals surface area (Å²) in [6, 6.07) is 11.0. The SMILES string of the molecule is CN(C)CC12CC1N(C(=O)OC(C)(C)C)[C@H](C(=O)Nc1cccc(-c3ccccc3Cl)c1F)C2.